The minimum Gasteiger partial charge on any atom is -0.346 e. The van der Waals surface area contributed by atoms with Gasteiger partial charge in [-0.1, -0.05) is 18.2 Å². The zero-order valence-corrected chi connectivity index (χ0v) is 14.6. The molecule has 0 saturated carbocycles. The van der Waals surface area contributed by atoms with Crippen molar-refractivity contribution in [2.24, 2.45) is 0 Å². The van der Waals surface area contributed by atoms with E-state index < -0.39 is 0 Å². The molecular weight excluding hydrogens is 403 g/mol. The number of aromatic nitrogens is 3. The lowest BCUT2D eigenvalue weighted by Crippen LogP contribution is -2.26. The Morgan fingerprint density at radius 1 is 1.22 bits per heavy atom. The standard InChI is InChI=1S/C17H15IN4O/c1-12(21-17(23)14-3-2-4-15(18)9-14)13-5-7-16(8-6-13)22-11-19-10-20-22/h2-12H,1H3,(H,21,23). The van der Waals surface area contributed by atoms with Crippen molar-refractivity contribution in [2.75, 3.05) is 0 Å². The summed E-state index contributed by atoms with van der Waals surface area (Å²) in [7, 11) is 0. The summed E-state index contributed by atoms with van der Waals surface area (Å²) < 4.78 is 2.74. The van der Waals surface area contributed by atoms with Gasteiger partial charge in [-0.15, -0.1) is 0 Å². The van der Waals surface area contributed by atoms with Gasteiger partial charge in [0.25, 0.3) is 5.91 Å². The number of nitrogens with one attached hydrogen (secondary N) is 1. The lowest BCUT2D eigenvalue weighted by Gasteiger charge is -2.15. The van der Waals surface area contributed by atoms with Crippen molar-refractivity contribution < 1.29 is 4.79 Å². The van der Waals surface area contributed by atoms with E-state index in [2.05, 4.69) is 38.0 Å². The van der Waals surface area contributed by atoms with Gasteiger partial charge in [0.1, 0.15) is 12.7 Å². The number of hydrogen-bond donors (Lipinski definition) is 1. The van der Waals surface area contributed by atoms with Crippen molar-refractivity contribution in [2.45, 2.75) is 13.0 Å². The van der Waals surface area contributed by atoms with Gasteiger partial charge in [-0.05, 0) is 65.4 Å². The van der Waals surface area contributed by atoms with Gasteiger partial charge < -0.3 is 5.32 Å². The van der Waals surface area contributed by atoms with E-state index in [1.807, 2.05) is 55.5 Å². The molecule has 0 aliphatic rings. The fraction of sp³-hybridized carbons (Fsp3) is 0.118. The molecule has 1 unspecified atom stereocenters. The van der Waals surface area contributed by atoms with Crippen LogP contribution in [0.15, 0.2) is 61.2 Å². The topological polar surface area (TPSA) is 59.8 Å². The van der Waals surface area contributed by atoms with Gasteiger partial charge in [0.15, 0.2) is 0 Å². The Kier molecular flexibility index (Phi) is 4.71. The maximum atomic E-state index is 12.3. The molecule has 116 valence electrons. The number of halogens is 1. The van der Waals surface area contributed by atoms with Gasteiger partial charge in [0.2, 0.25) is 0 Å². The van der Waals surface area contributed by atoms with Gasteiger partial charge in [0, 0.05) is 9.13 Å². The number of benzene rings is 2. The molecule has 0 spiro atoms. The molecule has 1 heterocycles. The molecule has 6 heteroatoms. The van der Waals surface area contributed by atoms with E-state index in [9.17, 15) is 4.79 Å². The number of carbonyl (C=O) groups is 1. The lowest BCUT2D eigenvalue weighted by atomic mass is 10.1. The average Bonchev–Trinajstić information content (AvgIpc) is 3.09. The minimum atomic E-state index is -0.0786. The van der Waals surface area contributed by atoms with E-state index in [0.29, 0.717) is 5.56 Å². The largest absolute Gasteiger partial charge is 0.346 e. The minimum absolute atomic E-state index is 0.0728. The lowest BCUT2D eigenvalue weighted by molar-refractivity contribution is 0.0940. The molecule has 0 aliphatic carbocycles. The third-order valence-corrected chi connectivity index (χ3v) is 4.18. The van der Waals surface area contributed by atoms with Crippen LogP contribution in [0.5, 0.6) is 0 Å². The van der Waals surface area contributed by atoms with Crippen LogP contribution in [-0.2, 0) is 0 Å². The number of carbonyl (C=O) groups excluding carboxylic acids is 1. The van der Waals surface area contributed by atoms with Crippen molar-refractivity contribution in [1.29, 1.82) is 0 Å². The molecule has 23 heavy (non-hydrogen) atoms. The molecule has 1 N–H and O–H groups in total. The van der Waals surface area contributed by atoms with Crippen LogP contribution in [0.25, 0.3) is 5.69 Å². The van der Waals surface area contributed by atoms with Gasteiger partial charge >= 0.3 is 0 Å². The molecule has 0 bridgehead atoms. The summed E-state index contributed by atoms with van der Waals surface area (Å²) in [6.07, 6.45) is 3.15. The first kappa shape index (κ1) is 15.7. The third-order valence-electron chi connectivity index (χ3n) is 3.51. The van der Waals surface area contributed by atoms with Gasteiger partial charge in [-0.2, -0.15) is 5.10 Å². The van der Waals surface area contributed by atoms with Crippen LogP contribution in [-0.4, -0.2) is 20.7 Å². The summed E-state index contributed by atoms with van der Waals surface area (Å²) >= 11 is 2.20. The fourth-order valence-corrected chi connectivity index (χ4v) is 2.79. The van der Waals surface area contributed by atoms with E-state index >= 15 is 0 Å². The maximum Gasteiger partial charge on any atom is 0.251 e. The summed E-state index contributed by atoms with van der Waals surface area (Å²) in [5.74, 6) is -0.0728. The van der Waals surface area contributed by atoms with E-state index in [1.165, 1.54) is 6.33 Å². The molecule has 5 nitrogen and oxygen atoms in total. The molecule has 0 fully saturated rings. The quantitative estimate of drug-likeness (QED) is 0.662. The van der Waals surface area contributed by atoms with Crippen LogP contribution in [0.1, 0.15) is 28.9 Å². The Morgan fingerprint density at radius 2 is 2.00 bits per heavy atom. The second kappa shape index (κ2) is 6.91. The summed E-state index contributed by atoms with van der Waals surface area (Å²) in [4.78, 5) is 16.2. The van der Waals surface area contributed by atoms with E-state index in [-0.39, 0.29) is 11.9 Å². The fourth-order valence-electron chi connectivity index (χ4n) is 2.25. The molecule has 3 aromatic rings. The molecule has 0 radical (unpaired) electrons. The zero-order chi connectivity index (χ0) is 16.2. The molecule has 3 rings (SSSR count). The summed E-state index contributed by atoms with van der Waals surface area (Å²) in [6, 6.07) is 15.3. The Labute approximate surface area is 147 Å². The number of nitrogens with zero attached hydrogens (tertiary/aromatic N) is 3. The predicted molar refractivity (Wildman–Crippen MR) is 96.4 cm³/mol. The van der Waals surface area contributed by atoms with Gasteiger partial charge in [-0.3, -0.25) is 4.79 Å². The third kappa shape index (κ3) is 3.76. The number of hydrogen-bond acceptors (Lipinski definition) is 3. The highest BCUT2D eigenvalue weighted by Crippen LogP contribution is 2.16. The molecule has 1 atom stereocenters. The van der Waals surface area contributed by atoms with Crippen molar-refractivity contribution in [1.82, 2.24) is 20.1 Å². The highest BCUT2D eigenvalue weighted by molar-refractivity contribution is 14.1. The van der Waals surface area contributed by atoms with Crippen LogP contribution >= 0.6 is 22.6 Å². The van der Waals surface area contributed by atoms with Crippen LogP contribution in [0.4, 0.5) is 0 Å². The normalized spacial score (nSPS) is 11.9. The monoisotopic (exact) mass is 418 g/mol. The Bertz CT molecular complexity index is 800. The van der Waals surface area contributed by atoms with E-state index in [4.69, 9.17) is 0 Å². The summed E-state index contributed by atoms with van der Waals surface area (Å²) in [5.41, 5.74) is 2.64. The average molecular weight is 418 g/mol. The summed E-state index contributed by atoms with van der Waals surface area (Å²) in [5, 5.41) is 7.11. The second-order valence-corrected chi connectivity index (χ2v) is 6.38. The van der Waals surface area contributed by atoms with Crippen LogP contribution < -0.4 is 5.32 Å². The Balaban J connectivity index is 1.70. The van der Waals surface area contributed by atoms with E-state index in [0.717, 1.165) is 14.8 Å². The highest BCUT2D eigenvalue weighted by Gasteiger charge is 2.11. The van der Waals surface area contributed by atoms with Crippen LogP contribution in [0.3, 0.4) is 0 Å². The van der Waals surface area contributed by atoms with Gasteiger partial charge in [0.05, 0.1) is 11.7 Å². The molecule has 2 aromatic carbocycles. The first-order valence-electron chi connectivity index (χ1n) is 7.15. The second-order valence-electron chi connectivity index (χ2n) is 5.14. The first-order valence-corrected chi connectivity index (χ1v) is 8.23. The Hall–Kier alpha value is -2.22. The number of rotatable bonds is 4. The van der Waals surface area contributed by atoms with Crippen molar-refractivity contribution in [3.05, 3.63) is 75.9 Å². The van der Waals surface area contributed by atoms with Crippen LogP contribution in [0.2, 0.25) is 0 Å². The molecule has 1 amide bonds. The van der Waals surface area contributed by atoms with Crippen LogP contribution in [0, 0.1) is 3.57 Å². The highest BCUT2D eigenvalue weighted by atomic mass is 127. The van der Waals surface area contributed by atoms with Crippen molar-refractivity contribution >= 4 is 28.5 Å². The molecule has 0 saturated heterocycles. The smallest absolute Gasteiger partial charge is 0.251 e. The molecule has 1 aromatic heterocycles. The molecule has 0 aliphatic heterocycles. The Morgan fingerprint density at radius 3 is 2.65 bits per heavy atom. The maximum absolute atomic E-state index is 12.3. The van der Waals surface area contributed by atoms with E-state index in [1.54, 1.807) is 11.0 Å². The predicted octanol–water partition coefficient (Wildman–Crippen LogP) is 3.36. The number of amides is 1. The van der Waals surface area contributed by atoms with Crippen molar-refractivity contribution in [3.8, 4) is 5.69 Å². The molecular formula is C17H15IN4O. The SMILES string of the molecule is CC(NC(=O)c1cccc(I)c1)c1ccc(-n2cncn2)cc1. The van der Waals surface area contributed by atoms with Gasteiger partial charge in [-0.25, -0.2) is 9.67 Å². The van der Waals surface area contributed by atoms with Crippen molar-refractivity contribution in [3.63, 3.8) is 0 Å². The first-order chi connectivity index (χ1) is 11.1. The summed E-state index contributed by atoms with van der Waals surface area (Å²) in [6.45, 7) is 1.97. The zero-order valence-electron chi connectivity index (χ0n) is 12.5.